The highest BCUT2D eigenvalue weighted by atomic mass is 35.5. The lowest BCUT2D eigenvalue weighted by molar-refractivity contribution is 0.211. The maximum absolute atomic E-state index is 12.0. The topological polar surface area (TPSA) is 66.4 Å². The number of alkyl halides is 1. The van der Waals surface area contributed by atoms with Crippen LogP contribution in [0, 0.1) is 0 Å². The summed E-state index contributed by atoms with van der Waals surface area (Å²) in [6.07, 6.45) is -0.719. The van der Waals surface area contributed by atoms with Crippen molar-refractivity contribution in [2.75, 3.05) is 17.7 Å². The molecular formula is C12H17Cl2NO3S. The maximum atomic E-state index is 12.0. The van der Waals surface area contributed by atoms with Crippen molar-refractivity contribution in [2.24, 2.45) is 0 Å². The number of hydrogen-bond donors (Lipinski definition) is 2. The van der Waals surface area contributed by atoms with Crippen LogP contribution in [-0.4, -0.2) is 37.3 Å². The van der Waals surface area contributed by atoms with Crippen molar-refractivity contribution in [3.63, 3.8) is 0 Å². The predicted octanol–water partition coefficient (Wildman–Crippen LogP) is 2.53. The first-order valence-corrected chi connectivity index (χ1v) is 8.26. The quantitative estimate of drug-likeness (QED) is 0.789. The molecule has 1 unspecified atom stereocenters. The third-order valence-corrected chi connectivity index (χ3v) is 5.43. The van der Waals surface area contributed by atoms with Crippen LogP contribution >= 0.6 is 23.2 Å². The monoisotopic (exact) mass is 325 g/mol. The fraction of sp³-hybridized carbons (Fsp3) is 0.500. The molecule has 108 valence electrons. The Labute approximate surface area is 123 Å². The first-order chi connectivity index (χ1) is 8.78. The molecular weight excluding hydrogens is 309 g/mol. The van der Waals surface area contributed by atoms with Gasteiger partial charge in [0.05, 0.1) is 32.8 Å². The molecule has 0 aromatic heterocycles. The molecule has 0 amide bonds. The number of benzene rings is 1. The van der Waals surface area contributed by atoms with Crippen LogP contribution < -0.4 is 5.32 Å². The lowest BCUT2D eigenvalue weighted by Crippen LogP contribution is -2.21. The van der Waals surface area contributed by atoms with Crippen LogP contribution in [0.4, 0.5) is 5.69 Å². The average Bonchev–Trinajstić information content (AvgIpc) is 2.36. The molecule has 1 aromatic carbocycles. The number of halogens is 2. The summed E-state index contributed by atoms with van der Waals surface area (Å²) in [5.41, 5.74) is 0.465. The first kappa shape index (κ1) is 16.6. The van der Waals surface area contributed by atoms with E-state index < -0.39 is 21.2 Å². The molecule has 0 spiro atoms. The Morgan fingerprint density at radius 2 is 2.00 bits per heavy atom. The standard InChI is InChI=1S/C12H17Cl2NO3S/c1-8(2)19(17,18)10-3-4-11(14)12(5-10)15-7-9(16)6-13/h3-5,8-9,15-16H,6-7H2,1-2H3. The van der Waals surface area contributed by atoms with E-state index in [1.807, 2.05) is 0 Å². The average molecular weight is 326 g/mol. The number of sulfone groups is 1. The van der Waals surface area contributed by atoms with Gasteiger partial charge in [0.1, 0.15) is 0 Å². The second-order valence-corrected chi connectivity index (χ2v) is 7.64. The Kier molecular flexibility index (Phi) is 5.92. The molecule has 2 N–H and O–H groups in total. The van der Waals surface area contributed by atoms with Crippen LogP contribution in [0.3, 0.4) is 0 Å². The number of aliphatic hydroxyl groups is 1. The minimum Gasteiger partial charge on any atom is -0.390 e. The van der Waals surface area contributed by atoms with Gasteiger partial charge in [-0.2, -0.15) is 0 Å². The van der Waals surface area contributed by atoms with Gasteiger partial charge in [0, 0.05) is 6.54 Å². The summed E-state index contributed by atoms with van der Waals surface area (Å²) in [4.78, 5) is 0.203. The fourth-order valence-electron chi connectivity index (χ4n) is 1.37. The smallest absolute Gasteiger partial charge is 0.180 e. The Bertz CT molecular complexity index is 532. The van der Waals surface area contributed by atoms with Gasteiger partial charge < -0.3 is 10.4 Å². The van der Waals surface area contributed by atoms with Gasteiger partial charge in [0.25, 0.3) is 0 Å². The molecule has 7 heteroatoms. The normalized spacial score (nSPS) is 13.6. The molecule has 0 aliphatic carbocycles. The lowest BCUT2D eigenvalue weighted by atomic mass is 10.3. The summed E-state index contributed by atoms with van der Waals surface area (Å²) in [5.74, 6) is 0.0919. The van der Waals surface area contributed by atoms with Gasteiger partial charge in [-0.1, -0.05) is 11.6 Å². The van der Waals surface area contributed by atoms with Crippen molar-refractivity contribution in [1.29, 1.82) is 0 Å². The second-order valence-electron chi connectivity index (χ2n) is 4.42. The summed E-state index contributed by atoms with van der Waals surface area (Å²) in [7, 11) is -3.35. The zero-order valence-electron chi connectivity index (χ0n) is 10.7. The van der Waals surface area contributed by atoms with Crippen molar-refractivity contribution >= 4 is 38.7 Å². The molecule has 1 rings (SSSR count). The van der Waals surface area contributed by atoms with E-state index in [1.165, 1.54) is 18.2 Å². The third-order valence-electron chi connectivity index (χ3n) is 2.59. The molecule has 19 heavy (non-hydrogen) atoms. The van der Waals surface area contributed by atoms with Crippen molar-refractivity contribution < 1.29 is 13.5 Å². The molecule has 0 fully saturated rings. The van der Waals surface area contributed by atoms with Gasteiger partial charge in [-0.15, -0.1) is 11.6 Å². The van der Waals surface area contributed by atoms with E-state index in [1.54, 1.807) is 13.8 Å². The summed E-state index contributed by atoms with van der Waals surface area (Å²) in [6.45, 7) is 3.44. The zero-order valence-corrected chi connectivity index (χ0v) is 13.1. The second kappa shape index (κ2) is 6.79. The minimum atomic E-state index is -3.35. The number of nitrogens with one attached hydrogen (secondary N) is 1. The highest BCUT2D eigenvalue weighted by Crippen LogP contribution is 2.27. The molecule has 0 aliphatic rings. The zero-order chi connectivity index (χ0) is 14.6. The van der Waals surface area contributed by atoms with Gasteiger partial charge >= 0.3 is 0 Å². The SMILES string of the molecule is CC(C)S(=O)(=O)c1ccc(Cl)c(NCC(O)CCl)c1. The summed E-state index contributed by atoms with van der Waals surface area (Å²) in [6, 6.07) is 4.46. The number of rotatable bonds is 6. The Hall–Kier alpha value is -0.490. The van der Waals surface area contributed by atoms with E-state index in [4.69, 9.17) is 23.2 Å². The van der Waals surface area contributed by atoms with Crippen molar-refractivity contribution in [1.82, 2.24) is 0 Å². The van der Waals surface area contributed by atoms with Crippen molar-refractivity contribution in [3.8, 4) is 0 Å². The number of hydrogen-bond acceptors (Lipinski definition) is 4. The van der Waals surface area contributed by atoms with E-state index in [0.717, 1.165) is 0 Å². The Morgan fingerprint density at radius 1 is 1.37 bits per heavy atom. The maximum Gasteiger partial charge on any atom is 0.180 e. The van der Waals surface area contributed by atoms with Crippen molar-refractivity contribution in [2.45, 2.75) is 30.1 Å². The molecule has 1 atom stereocenters. The highest BCUT2D eigenvalue weighted by Gasteiger charge is 2.20. The fourth-order valence-corrected chi connectivity index (χ4v) is 2.75. The molecule has 4 nitrogen and oxygen atoms in total. The largest absolute Gasteiger partial charge is 0.390 e. The lowest BCUT2D eigenvalue weighted by Gasteiger charge is -2.14. The van der Waals surface area contributed by atoms with Crippen molar-refractivity contribution in [3.05, 3.63) is 23.2 Å². The first-order valence-electron chi connectivity index (χ1n) is 5.80. The van der Waals surface area contributed by atoms with E-state index in [2.05, 4.69) is 5.32 Å². The molecule has 1 aromatic rings. The van der Waals surface area contributed by atoms with E-state index in [-0.39, 0.29) is 17.3 Å². The molecule has 0 radical (unpaired) electrons. The van der Waals surface area contributed by atoms with E-state index >= 15 is 0 Å². The molecule has 0 saturated carbocycles. The minimum absolute atomic E-state index is 0.0919. The number of aliphatic hydroxyl groups excluding tert-OH is 1. The van der Waals surface area contributed by atoms with Gasteiger partial charge in [0.2, 0.25) is 0 Å². The molecule has 0 heterocycles. The third kappa shape index (κ3) is 4.24. The highest BCUT2D eigenvalue weighted by molar-refractivity contribution is 7.92. The number of anilines is 1. The van der Waals surface area contributed by atoms with E-state index in [0.29, 0.717) is 10.7 Å². The molecule has 0 bridgehead atoms. The van der Waals surface area contributed by atoms with Gasteiger partial charge in [-0.05, 0) is 32.0 Å². The van der Waals surface area contributed by atoms with E-state index in [9.17, 15) is 13.5 Å². The Morgan fingerprint density at radius 3 is 2.53 bits per heavy atom. The van der Waals surface area contributed by atoms with Crippen LogP contribution in [0.5, 0.6) is 0 Å². The summed E-state index contributed by atoms with van der Waals surface area (Å²) >= 11 is 11.5. The van der Waals surface area contributed by atoms with Crippen LogP contribution in [0.25, 0.3) is 0 Å². The van der Waals surface area contributed by atoms with Crippen LogP contribution in [0.2, 0.25) is 5.02 Å². The van der Waals surface area contributed by atoms with Crippen LogP contribution in [-0.2, 0) is 9.84 Å². The summed E-state index contributed by atoms with van der Waals surface area (Å²) < 4.78 is 24.1. The molecule has 0 saturated heterocycles. The van der Waals surface area contributed by atoms with Crippen LogP contribution in [0.1, 0.15) is 13.8 Å². The van der Waals surface area contributed by atoms with Gasteiger partial charge in [-0.3, -0.25) is 0 Å². The van der Waals surface area contributed by atoms with Gasteiger partial charge in [0.15, 0.2) is 9.84 Å². The van der Waals surface area contributed by atoms with Crippen LogP contribution in [0.15, 0.2) is 23.1 Å². The molecule has 0 aliphatic heterocycles. The Balaban J connectivity index is 3.01. The van der Waals surface area contributed by atoms with Gasteiger partial charge in [-0.25, -0.2) is 8.42 Å². The predicted molar refractivity (Wildman–Crippen MR) is 79.0 cm³/mol. The summed E-state index contributed by atoms with van der Waals surface area (Å²) in [5, 5.41) is 12.1.